The number of benzene rings is 2. The van der Waals surface area contributed by atoms with Gasteiger partial charge in [-0.2, -0.15) is 0 Å². The number of halogens is 1. The van der Waals surface area contributed by atoms with Gasteiger partial charge in [0, 0.05) is 6.04 Å². The van der Waals surface area contributed by atoms with Gasteiger partial charge in [-0.15, -0.1) is 0 Å². The monoisotopic (exact) mass is 287 g/mol. The van der Waals surface area contributed by atoms with Crippen LogP contribution in [0.4, 0.5) is 4.39 Å². The lowest BCUT2D eigenvalue weighted by molar-refractivity contribution is 0.216. The predicted octanol–water partition coefficient (Wildman–Crippen LogP) is 4.25. The Labute approximate surface area is 125 Å². The largest absolute Gasteiger partial charge is 0.483 e. The quantitative estimate of drug-likeness (QED) is 0.862. The summed E-state index contributed by atoms with van der Waals surface area (Å²) in [5, 5.41) is 0. The van der Waals surface area contributed by atoms with Gasteiger partial charge in [0.25, 0.3) is 0 Å². The molecule has 21 heavy (non-hydrogen) atoms. The second-order valence-electron chi connectivity index (χ2n) is 5.31. The van der Waals surface area contributed by atoms with Gasteiger partial charge in [0.15, 0.2) is 11.6 Å². The molecule has 2 aromatic carbocycles. The van der Waals surface area contributed by atoms with Crippen molar-refractivity contribution in [1.29, 1.82) is 0 Å². The summed E-state index contributed by atoms with van der Waals surface area (Å²) in [6, 6.07) is 14.9. The second kappa shape index (κ2) is 7.23. The van der Waals surface area contributed by atoms with E-state index in [0.29, 0.717) is 6.42 Å². The zero-order valence-electron chi connectivity index (χ0n) is 12.6. The van der Waals surface area contributed by atoms with Crippen LogP contribution < -0.4 is 10.5 Å². The van der Waals surface area contributed by atoms with Crippen LogP contribution in [0.3, 0.4) is 0 Å². The van der Waals surface area contributed by atoms with E-state index in [-0.39, 0.29) is 23.7 Å². The summed E-state index contributed by atoms with van der Waals surface area (Å²) < 4.78 is 19.8. The van der Waals surface area contributed by atoms with Gasteiger partial charge in [-0.25, -0.2) is 4.39 Å². The Kier molecular flexibility index (Phi) is 5.34. The molecule has 0 fully saturated rings. The Bertz CT molecular complexity index is 571. The fourth-order valence-electron chi connectivity index (χ4n) is 2.20. The van der Waals surface area contributed by atoms with Gasteiger partial charge in [-0.05, 0) is 43.0 Å². The lowest BCUT2D eigenvalue weighted by atomic mass is 10.0. The number of rotatable bonds is 6. The predicted molar refractivity (Wildman–Crippen MR) is 83.9 cm³/mol. The first-order valence-corrected chi connectivity index (χ1v) is 7.35. The van der Waals surface area contributed by atoms with Crippen LogP contribution in [0.5, 0.6) is 5.75 Å². The number of nitrogens with two attached hydrogens (primary N) is 1. The summed E-state index contributed by atoms with van der Waals surface area (Å²) in [6.07, 6.45) is 1.37. The normalized spacial score (nSPS) is 13.7. The maximum Gasteiger partial charge on any atom is 0.165 e. The van der Waals surface area contributed by atoms with E-state index in [9.17, 15) is 4.39 Å². The summed E-state index contributed by atoms with van der Waals surface area (Å²) in [4.78, 5) is 0. The fourth-order valence-corrected chi connectivity index (χ4v) is 2.20. The molecule has 2 nitrogen and oxygen atoms in total. The van der Waals surface area contributed by atoms with Crippen LogP contribution in [-0.2, 0) is 6.42 Å². The van der Waals surface area contributed by atoms with Crippen LogP contribution in [0, 0.1) is 5.82 Å². The average Bonchev–Trinajstić information content (AvgIpc) is 2.50. The molecule has 2 unspecified atom stereocenters. The van der Waals surface area contributed by atoms with Gasteiger partial charge in [0.05, 0.1) is 0 Å². The number of hydrogen-bond acceptors (Lipinski definition) is 2. The maximum atomic E-state index is 14.1. The Balaban J connectivity index is 2.07. The first kappa shape index (κ1) is 15.5. The number of ether oxygens (including phenoxy) is 1. The van der Waals surface area contributed by atoms with Crippen LogP contribution in [0.1, 0.15) is 37.5 Å². The van der Waals surface area contributed by atoms with Gasteiger partial charge in [-0.3, -0.25) is 0 Å². The first-order valence-electron chi connectivity index (χ1n) is 7.35. The molecule has 112 valence electrons. The van der Waals surface area contributed by atoms with Crippen molar-refractivity contribution in [3.8, 4) is 5.75 Å². The lowest BCUT2D eigenvalue weighted by Crippen LogP contribution is -2.21. The van der Waals surface area contributed by atoms with Gasteiger partial charge in [-0.1, -0.05) is 43.3 Å². The van der Waals surface area contributed by atoms with Crippen LogP contribution in [0.2, 0.25) is 0 Å². The molecule has 0 aliphatic carbocycles. The molecule has 0 heterocycles. The average molecular weight is 287 g/mol. The van der Waals surface area contributed by atoms with E-state index in [1.807, 2.05) is 50.2 Å². The van der Waals surface area contributed by atoms with Crippen LogP contribution in [-0.4, -0.2) is 6.04 Å². The highest BCUT2D eigenvalue weighted by atomic mass is 19.1. The van der Waals surface area contributed by atoms with E-state index in [1.54, 1.807) is 6.07 Å². The molecule has 0 aliphatic heterocycles. The van der Waals surface area contributed by atoms with Gasteiger partial charge >= 0.3 is 0 Å². The zero-order chi connectivity index (χ0) is 15.2. The van der Waals surface area contributed by atoms with E-state index < -0.39 is 0 Å². The van der Waals surface area contributed by atoms with Crippen LogP contribution in [0.15, 0.2) is 48.5 Å². The second-order valence-corrected chi connectivity index (χ2v) is 5.31. The van der Waals surface area contributed by atoms with Crippen molar-refractivity contribution in [3.05, 3.63) is 65.5 Å². The summed E-state index contributed by atoms with van der Waals surface area (Å²) in [5.74, 6) is -0.0567. The Hall–Kier alpha value is -1.87. The van der Waals surface area contributed by atoms with Crippen molar-refractivity contribution < 1.29 is 9.13 Å². The SMILES string of the molecule is CCC(N)Cc1ccc(OC(C)c2ccccc2)c(F)c1. The third-order valence-corrected chi connectivity index (χ3v) is 3.59. The minimum absolute atomic E-state index is 0.0689. The third kappa shape index (κ3) is 4.30. The zero-order valence-corrected chi connectivity index (χ0v) is 12.6. The molecule has 0 spiro atoms. The summed E-state index contributed by atoms with van der Waals surface area (Å²) in [6.45, 7) is 3.94. The molecule has 0 bridgehead atoms. The minimum atomic E-state index is -0.335. The minimum Gasteiger partial charge on any atom is -0.483 e. The van der Waals surface area contributed by atoms with E-state index in [2.05, 4.69) is 0 Å². The molecule has 0 aliphatic rings. The van der Waals surface area contributed by atoms with Crippen LogP contribution >= 0.6 is 0 Å². The maximum absolute atomic E-state index is 14.1. The van der Waals surface area contributed by atoms with Crippen molar-refractivity contribution in [2.75, 3.05) is 0 Å². The molecule has 0 saturated heterocycles. The number of hydrogen-bond donors (Lipinski definition) is 1. The molecular weight excluding hydrogens is 265 g/mol. The van der Waals surface area contributed by atoms with E-state index >= 15 is 0 Å². The van der Waals surface area contributed by atoms with E-state index in [1.165, 1.54) is 6.07 Å². The van der Waals surface area contributed by atoms with Crippen molar-refractivity contribution in [2.45, 2.75) is 38.8 Å². The van der Waals surface area contributed by atoms with E-state index in [4.69, 9.17) is 10.5 Å². The molecule has 2 atom stereocenters. The summed E-state index contributed by atoms with van der Waals surface area (Å²) >= 11 is 0. The standard InChI is InChI=1S/C18H22FNO/c1-3-16(20)11-14-9-10-18(17(19)12-14)21-13(2)15-7-5-4-6-8-15/h4-10,12-13,16H,3,11,20H2,1-2H3. The third-order valence-electron chi connectivity index (χ3n) is 3.59. The van der Waals surface area contributed by atoms with Gasteiger partial charge in [0.2, 0.25) is 0 Å². The molecule has 2 aromatic rings. The molecular formula is C18H22FNO. The molecule has 3 heteroatoms. The molecule has 0 aromatic heterocycles. The fraction of sp³-hybridized carbons (Fsp3) is 0.333. The molecule has 0 amide bonds. The first-order chi connectivity index (χ1) is 10.1. The summed E-state index contributed by atoms with van der Waals surface area (Å²) in [7, 11) is 0. The van der Waals surface area contributed by atoms with Crippen molar-refractivity contribution in [1.82, 2.24) is 0 Å². The Morgan fingerprint density at radius 2 is 1.86 bits per heavy atom. The Morgan fingerprint density at radius 3 is 2.48 bits per heavy atom. The Morgan fingerprint density at radius 1 is 1.14 bits per heavy atom. The highest BCUT2D eigenvalue weighted by Gasteiger charge is 2.11. The van der Waals surface area contributed by atoms with Crippen LogP contribution in [0.25, 0.3) is 0 Å². The van der Waals surface area contributed by atoms with Gasteiger partial charge < -0.3 is 10.5 Å². The van der Waals surface area contributed by atoms with Crippen molar-refractivity contribution >= 4 is 0 Å². The molecule has 2 N–H and O–H groups in total. The highest BCUT2D eigenvalue weighted by Crippen LogP contribution is 2.25. The smallest absolute Gasteiger partial charge is 0.165 e. The molecule has 0 radical (unpaired) electrons. The summed E-state index contributed by atoms with van der Waals surface area (Å²) in [5.41, 5.74) is 7.82. The van der Waals surface area contributed by atoms with Crippen molar-refractivity contribution in [3.63, 3.8) is 0 Å². The lowest BCUT2D eigenvalue weighted by Gasteiger charge is -2.16. The molecule has 2 rings (SSSR count). The van der Waals surface area contributed by atoms with Crippen molar-refractivity contribution in [2.24, 2.45) is 5.73 Å². The highest BCUT2D eigenvalue weighted by molar-refractivity contribution is 5.31. The molecule has 0 saturated carbocycles. The topological polar surface area (TPSA) is 35.2 Å². The van der Waals surface area contributed by atoms with Gasteiger partial charge in [0.1, 0.15) is 6.10 Å². The van der Waals surface area contributed by atoms with E-state index in [0.717, 1.165) is 17.5 Å².